The predicted molar refractivity (Wildman–Crippen MR) is 252 cm³/mol. The summed E-state index contributed by atoms with van der Waals surface area (Å²) in [6, 6.07) is 66.7. The number of hydrogen-bond donors (Lipinski definition) is 0. The van der Waals surface area contributed by atoms with Crippen molar-refractivity contribution < 1.29 is 4.42 Å². The monoisotopic (exact) mass is 781 g/mol. The van der Waals surface area contributed by atoms with E-state index in [1.54, 1.807) is 11.3 Å². The van der Waals surface area contributed by atoms with Gasteiger partial charge in [0.05, 0.1) is 0 Å². The Bertz CT molecular complexity index is 3900. The van der Waals surface area contributed by atoms with Gasteiger partial charge in [-0.2, -0.15) is 0 Å². The summed E-state index contributed by atoms with van der Waals surface area (Å²) >= 11 is 1.80. The van der Waals surface area contributed by atoms with E-state index in [-0.39, 0.29) is 0 Å². The van der Waals surface area contributed by atoms with Gasteiger partial charge in [0, 0.05) is 53.0 Å². The summed E-state index contributed by atoms with van der Waals surface area (Å²) in [4.78, 5) is 15.8. The first kappa shape index (κ1) is 33.3. The Morgan fingerprint density at radius 2 is 0.917 bits per heavy atom. The van der Waals surface area contributed by atoms with Crippen LogP contribution in [0.5, 0.6) is 0 Å². The van der Waals surface area contributed by atoms with Crippen molar-refractivity contribution in [2.45, 2.75) is 0 Å². The van der Waals surface area contributed by atoms with Gasteiger partial charge in [-0.15, -0.1) is 11.3 Å². The van der Waals surface area contributed by atoms with Crippen molar-refractivity contribution in [1.29, 1.82) is 0 Å². The maximum atomic E-state index is 6.98. The Morgan fingerprint density at radius 1 is 0.333 bits per heavy atom. The summed E-state index contributed by atoms with van der Waals surface area (Å²) in [5.41, 5.74) is 6.92. The maximum absolute atomic E-state index is 6.98. The highest BCUT2D eigenvalue weighted by Gasteiger charge is 2.23. The molecule has 278 valence electrons. The molecule has 3 aromatic heterocycles. The van der Waals surface area contributed by atoms with E-state index in [0.717, 1.165) is 71.3 Å². The van der Waals surface area contributed by atoms with Gasteiger partial charge in [-0.05, 0) is 79.2 Å². The highest BCUT2D eigenvalue weighted by molar-refractivity contribution is 7.25. The molecule has 0 saturated carbocycles. The normalized spacial score (nSPS) is 12.0. The van der Waals surface area contributed by atoms with Crippen molar-refractivity contribution in [2.75, 3.05) is 0 Å². The largest absolute Gasteiger partial charge is 0.455 e. The molecule has 5 heteroatoms. The maximum Gasteiger partial charge on any atom is 0.164 e. The SMILES string of the molecule is c1ccc(-c2nc(-c3ccc(-c4cc5ccc6ccccc6c5c5oc6ccc7ccccc7c6c45)c4ccccc34)nc(-c3cccc4sc5ccccc5c34)n2)cc1. The number of furan rings is 1. The lowest BCUT2D eigenvalue weighted by Gasteiger charge is -2.15. The van der Waals surface area contributed by atoms with Crippen LogP contribution in [0.1, 0.15) is 0 Å². The average Bonchev–Trinajstić information content (AvgIpc) is 3.91. The number of benzene rings is 10. The summed E-state index contributed by atoms with van der Waals surface area (Å²) in [6.45, 7) is 0. The smallest absolute Gasteiger partial charge is 0.164 e. The molecular weight excluding hydrogens is 751 g/mol. The lowest BCUT2D eigenvalue weighted by Crippen LogP contribution is -2.01. The minimum Gasteiger partial charge on any atom is -0.455 e. The lowest BCUT2D eigenvalue weighted by atomic mass is 9.88. The fraction of sp³-hybridized carbons (Fsp3) is 0. The van der Waals surface area contributed by atoms with E-state index in [2.05, 4.69) is 170 Å². The molecule has 0 radical (unpaired) electrons. The third-order valence-corrected chi connectivity index (χ3v) is 13.2. The summed E-state index contributed by atoms with van der Waals surface area (Å²) < 4.78 is 9.44. The molecule has 4 nitrogen and oxygen atoms in total. The first-order valence-corrected chi connectivity index (χ1v) is 21.0. The molecule has 0 amide bonds. The van der Waals surface area contributed by atoms with Crippen LogP contribution >= 0.6 is 11.3 Å². The molecule has 0 atom stereocenters. The number of rotatable bonds is 4. The van der Waals surface area contributed by atoms with Crippen molar-refractivity contribution in [3.63, 3.8) is 0 Å². The molecule has 0 unspecified atom stereocenters. The highest BCUT2D eigenvalue weighted by Crippen LogP contribution is 2.48. The fourth-order valence-electron chi connectivity index (χ4n) is 9.43. The van der Waals surface area contributed by atoms with Gasteiger partial charge in [-0.1, -0.05) is 158 Å². The number of aromatic nitrogens is 3. The molecule has 0 saturated heterocycles. The third-order valence-electron chi connectivity index (χ3n) is 12.1. The van der Waals surface area contributed by atoms with Crippen molar-refractivity contribution >= 4 is 96.5 Å². The minimum atomic E-state index is 0.632. The highest BCUT2D eigenvalue weighted by atomic mass is 32.1. The van der Waals surface area contributed by atoms with Gasteiger partial charge in [0.2, 0.25) is 0 Å². The molecule has 0 aliphatic heterocycles. The molecule has 60 heavy (non-hydrogen) atoms. The van der Waals surface area contributed by atoms with Gasteiger partial charge in [0.1, 0.15) is 11.2 Å². The zero-order valence-electron chi connectivity index (χ0n) is 32.1. The molecule has 3 heterocycles. The summed E-state index contributed by atoms with van der Waals surface area (Å²) in [7, 11) is 0. The molecule has 0 fully saturated rings. The van der Waals surface area contributed by atoms with Crippen LogP contribution in [-0.4, -0.2) is 15.0 Å². The van der Waals surface area contributed by atoms with Crippen LogP contribution < -0.4 is 0 Å². The van der Waals surface area contributed by atoms with Gasteiger partial charge >= 0.3 is 0 Å². The van der Waals surface area contributed by atoms with Gasteiger partial charge in [-0.25, -0.2) is 15.0 Å². The van der Waals surface area contributed by atoms with Crippen molar-refractivity contribution in [3.8, 4) is 45.3 Å². The minimum absolute atomic E-state index is 0.632. The lowest BCUT2D eigenvalue weighted by molar-refractivity contribution is 0.673. The second kappa shape index (κ2) is 12.9. The first-order chi connectivity index (χ1) is 29.7. The van der Waals surface area contributed by atoms with Crippen LogP contribution in [0.2, 0.25) is 0 Å². The molecule has 0 aliphatic carbocycles. The van der Waals surface area contributed by atoms with Crippen molar-refractivity contribution in [3.05, 3.63) is 188 Å². The average molecular weight is 782 g/mol. The van der Waals surface area contributed by atoms with E-state index in [9.17, 15) is 0 Å². The number of thiophene rings is 1. The van der Waals surface area contributed by atoms with Gasteiger partial charge in [0.15, 0.2) is 17.5 Å². The quantitative estimate of drug-likeness (QED) is 0.167. The van der Waals surface area contributed by atoms with Crippen LogP contribution in [0.4, 0.5) is 0 Å². The Hall–Kier alpha value is -7.73. The Labute approximate surface area is 347 Å². The topological polar surface area (TPSA) is 51.8 Å². The van der Waals surface area contributed by atoms with Crippen LogP contribution in [0.3, 0.4) is 0 Å². The summed E-state index contributed by atoms with van der Waals surface area (Å²) in [5, 5.41) is 13.8. The van der Waals surface area contributed by atoms with E-state index in [1.807, 2.05) is 18.2 Å². The van der Waals surface area contributed by atoms with Crippen LogP contribution in [0.25, 0.3) is 130 Å². The standard InChI is InChI=1S/C55H31N3OS/c1-2-15-34(16-3-1)53-56-54(58-55(57-53)43-22-12-24-47-49(43)42-21-10-11-23-46(42)60-47)41-29-28-40(38-19-8-9-20-39(38)41)44-31-35-26-25-32-13-4-6-17-36(32)48(35)52-51(44)50-37-18-7-5-14-33(37)27-30-45(50)59-52/h1-31H. The molecule has 13 rings (SSSR count). The van der Waals surface area contributed by atoms with Crippen LogP contribution in [-0.2, 0) is 0 Å². The molecule has 13 aromatic rings. The molecule has 0 bridgehead atoms. The summed E-state index contributed by atoms with van der Waals surface area (Å²) in [5.74, 6) is 1.93. The van der Waals surface area contributed by atoms with E-state index in [4.69, 9.17) is 19.4 Å². The van der Waals surface area contributed by atoms with Gasteiger partial charge < -0.3 is 4.42 Å². The fourth-order valence-corrected chi connectivity index (χ4v) is 10.6. The zero-order valence-corrected chi connectivity index (χ0v) is 32.9. The predicted octanol–water partition coefficient (Wildman–Crippen LogP) is 15.4. The van der Waals surface area contributed by atoms with Gasteiger partial charge in [0.25, 0.3) is 0 Å². The second-order valence-corrected chi connectivity index (χ2v) is 16.5. The number of hydrogen-bond acceptors (Lipinski definition) is 5. The number of nitrogens with zero attached hydrogens (tertiary/aromatic N) is 3. The molecule has 10 aromatic carbocycles. The molecule has 0 aliphatic rings. The van der Waals surface area contributed by atoms with Crippen LogP contribution in [0, 0.1) is 0 Å². The Kier molecular flexibility index (Phi) is 7.14. The first-order valence-electron chi connectivity index (χ1n) is 20.2. The van der Waals surface area contributed by atoms with E-state index >= 15 is 0 Å². The van der Waals surface area contributed by atoms with E-state index < -0.39 is 0 Å². The van der Waals surface area contributed by atoms with E-state index in [1.165, 1.54) is 41.7 Å². The molecule has 0 N–H and O–H groups in total. The third kappa shape index (κ3) is 4.93. The van der Waals surface area contributed by atoms with Crippen molar-refractivity contribution in [1.82, 2.24) is 15.0 Å². The second-order valence-electron chi connectivity index (χ2n) is 15.4. The molecular formula is C55H31N3OS. The number of fused-ring (bicyclic) bond motifs is 13. The zero-order chi connectivity index (χ0) is 39.3. The van der Waals surface area contributed by atoms with Gasteiger partial charge in [-0.3, -0.25) is 0 Å². The molecule has 0 spiro atoms. The Balaban J connectivity index is 1.10. The van der Waals surface area contributed by atoms with Crippen molar-refractivity contribution in [2.24, 2.45) is 0 Å². The Morgan fingerprint density at radius 3 is 1.72 bits per heavy atom. The van der Waals surface area contributed by atoms with Crippen LogP contribution in [0.15, 0.2) is 192 Å². The summed E-state index contributed by atoms with van der Waals surface area (Å²) in [6.07, 6.45) is 0. The van der Waals surface area contributed by atoms with E-state index in [0.29, 0.717) is 17.5 Å².